The first-order valence-corrected chi connectivity index (χ1v) is 9.23. The molecule has 0 saturated carbocycles. The van der Waals surface area contributed by atoms with Gasteiger partial charge in [-0.15, -0.1) is 0 Å². The van der Waals surface area contributed by atoms with Gasteiger partial charge < -0.3 is 4.90 Å². The van der Waals surface area contributed by atoms with E-state index in [2.05, 4.69) is 0 Å². The summed E-state index contributed by atoms with van der Waals surface area (Å²) in [6.45, 7) is 1.30. The highest BCUT2D eigenvalue weighted by atomic mass is 35.5. The summed E-state index contributed by atoms with van der Waals surface area (Å²) in [5.74, 6) is -0.121. The van der Waals surface area contributed by atoms with E-state index in [1.54, 1.807) is 53.4 Å². The molecule has 2 aromatic carbocycles. The summed E-state index contributed by atoms with van der Waals surface area (Å²) in [5.41, 5.74) is -0.265. The maximum Gasteiger partial charge on any atom is 0.336 e. The molecule has 7 heteroatoms. The van der Waals surface area contributed by atoms with E-state index in [1.807, 2.05) is 0 Å². The van der Waals surface area contributed by atoms with Crippen LogP contribution in [0.15, 0.2) is 58.1 Å². The number of para-hydroxylation sites is 2. The third-order valence-corrected chi connectivity index (χ3v) is 5.22. The van der Waals surface area contributed by atoms with Crippen LogP contribution in [0.5, 0.6) is 0 Å². The Balaban J connectivity index is 1.95. The van der Waals surface area contributed by atoms with Crippen molar-refractivity contribution in [2.75, 3.05) is 13.1 Å². The summed E-state index contributed by atoms with van der Waals surface area (Å²) in [6, 6.07) is 13.5. The fraction of sp³-hybridized carbons (Fsp3) is 0.250. The lowest BCUT2D eigenvalue weighted by Gasteiger charge is -2.18. The zero-order chi connectivity index (χ0) is 19.0. The molecule has 4 rings (SSSR count). The van der Waals surface area contributed by atoms with Crippen LogP contribution >= 0.6 is 11.6 Å². The number of nitrogens with zero attached hydrogens (tertiary/aromatic N) is 3. The molecule has 6 nitrogen and oxygen atoms in total. The largest absolute Gasteiger partial charge is 0.341 e. The van der Waals surface area contributed by atoms with Crippen molar-refractivity contribution in [3.63, 3.8) is 0 Å². The molecule has 138 valence electrons. The van der Waals surface area contributed by atoms with E-state index >= 15 is 0 Å². The molecule has 1 amide bonds. The molecule has 1 aliphatic heterocycles. The van der Waals surface area contributed by atoms with E-state index in [4.69, 9.17) is 11.6 Å². The summed E-state index contributed by atoms with van der Waals surface area (Å²) in [4.78, 5) is 40.6. The fourth-order valence-electron chi connectivity index (χ4n) is 3.52. The third kappa shape index (κ3) is 3.06. The number of benzene rings is 2. The second kappa shape index (κ2) is 7.04. The molecule has 27 heavy (non-hydrogen) atoms. The zero-order valence-corrected chi connectivity index (χ0v) is 15.4. The fourth-order valence-corrected chi connectivity index (χ4v) is 3.74. The van der Waals surface area contributed by atoms with Crippen LogP contribution in [0.3, 0.4) is 0 Å². The number of likely N-dealkylation sites (tertiary alicyclic amines) is 1. The number of carbonyl (C=O) groups is 1. The monoisotopic (exact) mass is 383 g/mol. The second-order valence-corrected chi connectivity index (χ2v) is 6.97. The van der Waals surface area contributed by atoms with Gasteiger partial charge in [0.05, 0.1) is 21.6 Å². The molecule has 0 aliphatic carbocycles. The Morgan fingerprint density at radius 2 is 1.63 bits per heavy atom. The Morgan fingerprint density at radius 3 is 2.37 bits per heavy atom. The average Bonchev–Trinajstić information content (AvgIpc) is 3.21. The minimum Gasteiger partial charge on any atom is -0.341 e. The molecule has 0 spiro atoms. The Labute approximate surface area is 160 Å². The molecular formula is C20H18ClN3O3. The lowest BCUT2D eigenvalue weighted by atomic mass is 10.2. The van der Waals surface area contributed by atoms with E-state index < -0.39 is 11.2 Å². The molecule has 3 aromatic rings. The maximum atomic E-state index is 13.2. The molecule has 0 bridgehead atoms. The molecule has 2 heterocycles. The van der Waals surface area contributed by atoms with Crippen molar-refractivity contribution in [3.05, 3.63) is 74.4 Å². The molecule has 0 unspecified atom stereocenters. The number of carbonyl (C=O) groups excluding carboxylic acids is 1. The van der Waals surface area contributed by atoms with Gasteiger partial charge in [-0.25, -0.2) is 9.36 Å². The maximum absolute atomic E-state index is 13.2. The molecule has 1 saturated heterocycles. The van der Waals surface area contributed by atoms with E-state index in [0.717, 1.165) is 17.4 Å². The van der Waals surface area contributed by atoms with Gasteiger partial charge in [0.1, 0.15) is 6.54 Å². The zero-order valence-electron chi connectivity index (χ0n) is 14.6. The first-order chi connectivity index (χ1) is 13.1. The van der Waals surface area contributed by atoms with Crippen LogP contribution < -0.4 is 11.2 Å². The van der Waals surface area contributed by atoms with Crippen LogP contribution in [0, 0.1) is 0 Å². The number of halogens is 1. The van der Waals surface area contributed by atoms with E-state index in [-0.39, 0.29) is 12.5 Å². The lowest BCUT2D eigenvalue weighted by molar-refractivity contribution is -0.130. The highest BCUT2D eigenvalue weighted by Crippen LogP contribution is 2.18. The molecular weight excluding hydrogens is 366 g/mol. The van der Waals surface area contributed by atoms with Crippen molar-refractivity contribution < 1.29 is 4.79 Å². The quantitative estimate of drug-likeness (QED) is 0.697. The van der Waals surface area contributed by atoms with Crippen LogP contribution in [0.2, 0.25) is 5.02 Å². The smallest absolute Gasteiger partial charge is 0.336 e. The summed E-state index contributed by atoms with van der Waals surface area (Å²) in [6.07, 6.45) is 1.95. The Morgan fingerprint density at radius 1 is 0.963 bits per heavy atom. The first kappa shape index (κ1) is 17.5. The van der Waals surface area contributed by atoms with E-state index in [9.17, 15) is 14.4 Å². The molecule has 0 atom stereocenters. The summed E-state index contributed by atoms with van der Waals surface area (Å²) in [7, 11) is 0. The first-order valence-electron chi connectivity index (χ1n) is 8.85. The number of hydrogen-bond donors (Lipinski definition) is 0. The van der Waals surface area contributed by atoms with Crippen LogP contribution in [0.4, 0.5) is 0 Å². The van der Waals surface area contributed by atoms with Crippen molar-refractivity contribution in [1.82, 2.24) is 14.0 Å². The lowest BCUT2D eigenvalue weighted by Crippen LogP contribution is -2.42. The number of amides is 1. The molecule has 1 fully saturated rings. The van der Waals surface area contributed by atoms with Crippen LogP contribution in [-0.2, 0) is 11.3 Å². The predicted molar refractivity (Wildman–Crippen MR) is 105 cm³/mol. The molecule has 1 aliphatic rings. The van der Waals surface area contributed by atoms with Crippen molar-refractivity contribution in [3.8, 4) is 5.69 Å². The van der Waals surface area contributed by atoms with E-state index in [0.29, 0.717) is 34.7 Å². The van der Waals surface area contributed by atoms with Gasteiger partial charge in [0, 0.05) is 13.1 Å². The molecule has 0 N–H and O–H groups in total. The Kier molecular flexibility index (Phi) is 4.58. The summed E-state index contributed by atoms with van der Waals surface area (Å²) >= 11 is 6.23. The van der Waals surface area contributed by atoms with Crippen LogP contribution in [-0.4, -0.2) is 33.0 Å². The Hall–Kier alpha value is -2.86. The summed E-state index contributed by atoms with van der Waals surface area (Å²) in [5, 5.41) is 0.663. The van der Waals surface area contributed by atoms with Gasteiger partial charge in [-0.2, -0.15) is 0 Å². The predicted octanol–water partition coefficient (Wildman–Crippen LogP) is 2.43. The van der Waals surface area contributed by atoms with Crippen molar-refractivity contribution in [1.29, 1.82) is 0 Å². The minimum atomic E-state index is -0.570. The van der Waals surface area contributed by atoms with Gasteiger partial charge in [-0.1, -0.05) is 35.9 Å². The van der Waals surface area contributed by atoms with Gasteiger partial charge >= 0.3 is 5.69 Å². The van der Waals surface area contributed by atoms with Crippen molar-refractivity contribution in [2.24, 2.45) is 0 Å². The van der Waals surface area contributed by atoms with Crippen LogP contribution in [0.25, 0.3) is 16.6 Å². The number of hydrogen-bond acceptors (Lipinski definition) is 3. The van der Waals surface area contributed by atoms with Gasteiger partial charge in [0.2, 0.25) is 5.91 Å². The number of aromatic nitrogens is 2. The Bertz CT molecular complexity index is 1140. The van der Waals surface area contributed by atoms with Crippen LogP contribution in [0.1, 0.15) is 12.8 Å². The average molecular weight is 384 g/mol. The van der Waals surface area contributed by atoms with Gasteiger partial charge in [-0.05, 0) is 37.1 Å². The standard InChI is InChI=1S/C20H18ClN3O3/c21-15-8-2-4-10-17(15)24-19(26)14-7-1-3-9-16(14)23(20(24)27)13-18(25)22-11-5-6-12-22/h1-4,7-10H,5-6,11-13H2. The summed E-state index contributed by atoms with van der Waals surface area (Å²) < 4.78 is 2.41. The van der Waals surface area contributed by atoms with Gasteiger partial charge in [0.15, 0.2) is 0 Å². The highest BCUT2D eigenvalue weighted by Gasteiger charge is 2.22. The minimum absolute atomic E-state index is 0.107. The number of rotatable bonds is 3. The van der Waals surface area contributed by atoms with Gasteiger partial charge in [-0.3, -0.25) is 14.2 Å². The topological polar surface area (TPSA) is 64.3 Å². The second-order valence-electron chi connectivity index (χ2n) is 6.57. The van der Waals surface area contributed by atoms with Gasteiger partial charge in [0.25, 0.3) is 5.56 Å². The molecule has 1 aromatic heterocycles. The number of fused-ring (bicyclic) bond motifs is 1. The SMILES string of the molecule is O=C(Cn1c(=O)n(-c2ccccc2Cl)c(=O)c2ccccc21)N1CCCC1. The van der Waals surface area contributed by atoms with Crippen molar-refractivity contribution in [2.45, 2.75) is 19.4 Å². The van der Waals surface area contributed by atoms with Crippen molar-refractivity contribution >= 4 is 28.4 Å². The highest BCUT2D eigenvalue weighted by molar-refractivity contribution is 6.32. The van der Waals surface area contributed by atoms with E-state index in [1.165, 1.54) is 4.57 Å². The normalized spacial score (nSPS) is 14.0. The molecule has 0 radical (unpaired) electrons. The third-order valence-electron chi connectivity index (χ3n) is 4.90.